The summed E-state index contributed by atoms with van der Waals surface area (Å²) in [5.41, 5.74) is 2.88. The molecule has 0 aromatic carbocycles. The molecular weight excluding hydrogens is 456 g/mol. The molecule has 5 rings (SSSR count). The van der Waals surface area contributed by atoms with Crippen LogP contribution < -0.4 is 15.8 Å². The summed E-state index contributed by atoms with van der Waals surface area (Å²) in [6.45, 7) is 4.91. The van der Waals surface area contributed by atoms with Gasteiger partial charge in [-0.1, -0.05) is 6.92 Å². The maximum absolute atomic E-state index is 13.8. The van der Waals surface area contributed by atoms with Gasteiger partial charge in [0.15, 0.2) is 0 Å². The molecule has 0 atom stereocenters. The molecule has 3 aromatic heterocycles. The monoisotopic (exact) mass is 483 g/mol. The van der Waals surface area contributed by atoms with Crippen molar-refractivity contribution in [1.82, 2.24) is 30.2 Å². The number of aromatic amines is 1. The minimum absolute atomic E-state index is 0.0966. The standard InChI is InChI=1S/C24H27F2N7O2/c1-2-15-10-17-18(30-23(15)34)9-14(11-27-17)13-32-5-7-33(8-6-32)19-12-28-22(31-20(19)21(25)26)24(35)29-16-3-4-16/h9-12,16,21H,2-8,13H2,1H3,(H,29,35)(H,30,34). The molecule has 1 aliphatic carbocycles. The molecule has 0 radical (unpaired) electrons. The van der Waals surface area contributed by atoms with Crippen LogP contribution in [0.25, 0.3) is 11.0 Å². The number of nitrogens with zero attached hydrogens (tertiary/aromatic N) is 5. The van der Waals surface area contributed by atoms with E-state index in [1.165, 1.54) is 6.20 Å². The fourth-order valence-electron chi connectivity index (χ4n) is 4.30. The zero-order valence-electron chi connectivity index (χ0n) is 19.4. The number of pyridine rings is 2. The average molecular weight is 484 g/mol. The second-order valence-corrected chi connectivity index (χ2v) is 9.03. The SMILES string of the molecule is CCc1cc2ncc(CN3CCN(c4cnc(C(=O)NC5CC5)nc4C(F)F)CC3)cc2[nH]c1=O. The third-order valence-electron chi connectivity index (χ3n) is 6.45. The fraction of sp³-hybridized carbons (Fsp3) is 0.458. The Labute approximate surface area is 200 Å². The first-order valence-electron chi connectivity index (χ1n) is 11.9. The second-order valence-electron chi connectivity index (χ2n) is 9.03. The van der Waals surface area contributed by atoms with Crippen molar-refractivity contribution in [3.63, 3.8) is 0 Å². The highest BCUT2D eigenvalue weighted by Crippen LogP contribution is 2.29. The number of aromatic nitrogens is 4. The van der Waals surface area contributed by atoms with Gasteiger partial charge in [0.2, 0.25) is 5.82 Å². The molecule has 184 valence electrons. The summed E-state index contributed by atoms with van der Waals surface area (Å²) in [4.78, 5) is 43.7. The van der Waals surface area contributed by atoms with Gasteiger partial charge in [-0.15, -0.1) is 0 Å². The number of anilines is 1. The van der Waals surface area contributed by atoms with E-state index in [2.05, 4.69) is 30.2 Å². The van der Waals surface area contributed by atoms with E-state index in [1.54, 1.807) is 6.20 Å². The first kappa shape index (κ1) is 23.3. The van der Waals surface area contributed by atoms with E-state index in [0.717, 1.165) is 23.9 Å². The van der Waals surface area contributed by atoms with Gasteiger partial charge in [0, 0.05) is 50.5 Å². The molecule has 9 nitrogen and oxygen atoms in total. The highest BCUT2D eigenvalue weighted by molar-refractivity contribution is 5.91. The molecule has 11 heteroatoms. The van der Waals surface area contributed by atoms with E-state index in [-0.39, 0.29) is 23.1 Å². The molecule has 2 fully saturated rings. The number of H-pyrrole nitrogens is 1. The first-order chi connectivity index (χ1) is 16.9. The highest BCUT2D eigenvalue weighted by atomic mass is 19.3. The lowest BCUT2D eigenvalue weighted by molar-refractivity contribution is 0.0938. The van der Waals surface area contributed by atoms with Crippen molar-refractivity contribution < 1.29 is 13.6 Å². The predicted octanol–water partition coefficient (Wildman–Crippen LogP) is 2.43. The van der Waals surface area contributed by atoms with E-state index in [9.17, 15) is 18.4 Å². The van der Waals surface area contributed by atoms with Crippen LogP contribution in [0.4, 0.5) is 14.5 Å². The third-order valence-corrected chi connectivity index (χ3v) is 6.45. The summed E-state index contributed by atoms with van der Waals surface area (Å²) in [5, 5.41) is 2.73. The van der Waals surface area contributed by atoms with Crippen molar-refractivity contribution in [2.24, 2.45) is 0 Å². The molecule has 2 aliphatic rings. The van der Waals surface area contributed by atoms with Crippen LogP contribution in [0, 0.1) is 0 Å². The summed E-state index contributed by atoms with van der Waals surface area (Å²) in [6, 6.07) is 3.85. The largest absolute Gasteiger partial charge is 0.366 e. The van der Waals surface area contributed by atoms with Crippen molar-refractivity contribution in [2.45, 2.75) is 45.2 Å². The van der Waals surface area contributed by atoms with E-state index in [1.807, 2.05) is 24.0 Å². The zero-order valence-corrected chi connectivity index (χ0v) is 19.4. The number of alkyl halides is 2. The van der Waals surface area contributed by atoms with Crippen LogP contribution in [0.5, 0.6) is 0 Å². The summed E-state index contributed by atoms with van der Waals surface area (Å²) < 4.78 is 27.6. The molecule has 35 heavy (non-hydrogen) atoms. The number of carbonyl (C=O) groups excluding carboxylic acids is 1. The van der Waals surface area contributed by atoms with Crippen LogP contribution in [-0.4, -0.2) is 63.0 Å². The predicted molar refractivity (Wildman–Crippen MR) is 127 cm³/mol. The Bertz CT molecular complexity index is 1300. The van der Waals surface area contributed by atoms with Crippen LogP contribution in [-0.2, 0) is 13.0 Å². The Balaban J connectivity index is 1.25. The second kappa shape index (κ2) is 9.65. The molecule has 3 aromatic rings. The number of hydrogen-bond acceptors (Lipinski definition) is 7. The molecular formula is C24H27F2N7O2. The summed E-state index contributed by atoms with van der Waals surface area (Å²) in [6.07, 6.45) is 2.76. The fourth-order valence-corrected chi connectivity index (χ4v) is 4.30. The molecule has 1 aliphatic heterocycles. The molecule has 1 saturated carbocycles. The van der Waals surface area contributed by atoms with Gasteiger partial charge < -0.3 is 15.2 Å². The number of fused-ring (bicyclic) bond motifs is 1. The van der Waals surface area contributed by atoms with Crippen LogP contribution in [0.15, 0.2) is 29.3 Å². The lowest BCUT2D eigenvalue weighted by Crippen LogP contribution is -2.46. The Morgan fingerprint density at radius 2 is 1.94 bits per heavy atom. The normalized spacial score (nSPS) is 16.7. The number of nitrogens with one attached hydrogen (secondary N) is 2. The average Bonchev–Trinajstić information content (AvgIpc) is 3.67. The van der Waals surface area contributed by atoms with E-state index in [0.29, 0.717) is 50.2 Å². The number of halogens is 2. The Morgan fingerprint density at radius 3 is 2.63 bits per heavy atom. The molecule has 2 N–H and O–H groups in total. The number of rotatable bonds is 7. The van der Waals surface area contributed by atoms with Crippen molar-refractivity contribution in [1.29, 1.82) is 0 Å². The van der Waals surface area contributed by atoms with Crippen LogP contribution in [0.3, 0.4) is 0 Å². The van der Waals surface area contributed by atoms with Gasteiger partial charge in [-0.25, -0.2) is 18.7 Å². The first-order valence-corrected chi connectivity index (χ1v) is 11.9. The van der Waals surface area contributed by atoms with E-state index in [4.69, 9.17) is 0 Å². The smallest absolute Gasteiger partial charge is 0.289 e. The van der Waals surface area contributed by atoms with Crippen LogP contribution in [0.2, 0.25) is 0 Å². The minimum Gasteiger partial charge on any atom is -0.366 e. The maximum Gasteiger partial charge on any atom is 0.289 e. The van der Waals surface area contributed by atoms with Gasteiger partial charge in [0.05, 0.1) is 22.9 Å². The van der Waals surface area contributed by atoms with E-state index >= 15 is 0 Å². The van der Waals surface area contributed by atoms with Crippen LogP contribution >= 0.6 is 0 Å². The molecule has 1 saturated heterocycles. The Hall–Kier alpha value is -3.47. The summed E-state index contributed by atoms with van der Waals surface area (Å²) >= 11 is 0. The van der Waals surface area contributed by atoms with Crippen molar-refractivity contribution in [2.75, 3.05) is 31.1 Å². The molecule has 0 spiro atoms. The quantitative estimate of drug-likeness (QED) is 0.532. The Kier molecular flexibility index (Phi) is 6.42. The molecule has 0 bridgehead atoms. The number of hydrogen-bond donors (Lipinski definition) is 2. The number of aryl methyl sites for hydroxylation is 1. The Morgan fingerprint density at radius 1 is 1.17 bits per heavy atom. The maximum atomic E-state index is 13.8. The van der Waals surface area contributed by atoms with Gasteiger partial charge in [-0.3, -0.25) is 19.5 Å². The van der Waals surface area contributed by atoms with Gasteiger partial charge in [-0.2, -0.15) is 0 Å². The van der Waals surface area contributed by atoms with Crippen molar-refractivity contribution in [3.05, 3.63) is 57.5 Å². The van der Waals surface area contributed by atoms with Gasteiger partial charge >= 0.3 is 0 Å². The molecule has 0 unspecified atom stereocenters. The van der Waals surface area contributed by atoms with Gasteiger partial charge in [0.1, 0.15) is 5.69 Å². The summed E-state index contributed by atoms with van der Waals surface area (Å²) in [7, 11) is 0. The van der Waals surface area contributed by atoms with E-state index < -0.39 is 18.0 Å². The zero-order chi connectivity index (χ0) is 24.5. The van der Waals surface area contributed by atoms with Crippen molar-refractivity contribution >= 4 is 22.6 Å². The lowest BCUT2D eigenvalue weighted by Gasteiger charge is -2.36. The third kappa shape index (κ3) is 5.14. The number of carbonyl (C=O) groups is 1. The van der Waals surface area contributed by atoms with Crippen LogP contribution in [0.1, 0.15) is 53.6 Å². The topological polar surface area (TPSA) is 107 Å². The highest BCUT2D eigenvalue weighted by Gasteiger charge is 2.28. The molecule has 1 amide bonds. The number of piperazine rings is 1. The number of amides is 1. The minimum atomic E-state index is -2.81. The van der Waals surface area contributed by atoms with Gasteiger partial charge in [-0.05, 0) is 37.0 Å². The van der Waals surface area contributed by atoms with Gasteiger partial charge in [0.25, 0.3) is 17.9 Å². The van der Waals surface area contributed by atoms with Crippen molar-refractivity contribution in [3.8, 4) is 0 Å². The lowest BCUT2D eigenvalue weighted by atomic mass is 10.1. The molecule has 4 heterocycles. The summed E-state index contributed by atoms with van der Waals surface area (Å²) in [5.74, 6) is -0.732.